The second kappa shape index (κ2) is 8.18. The summed E-state index contributed by atoms with van der Waals surface area (Å²) >= 11 is 0. The molecule has 2 aliphatic rings. The van der Waals surface area contributed by atoms with Crippen molar-refractivity contribution in [1.29, 1.82) is 0 Å². The fraction of sp³-hybridized carbons (Fsp3) is 0.550. The number of hydrogen-bond donors (Lipinski definition) is 1. The van der Waals surface area contributed by atoms with Gasteiger partial charge in [0.1, 0.15) is 12.4 Å². The van der Waals surface area contributed by atoms with Crippen molar-refractivity contribution in [2.75, 3.05) is 20.9 Å². The number of aromatic nitrogens is 3. The first-order chi connectivity index (χ1) is 13.6. The summed E-state index contributed by atoms with van der Waals surface area (Å²) in [5.74, 6) is 2.11. The molecule has 4 rings (SSSR count). The summed E-state index contributed by atoms with van der Waals surface area (Å²) in [6.45, 7) is 0.582. The molecule has 28 heavy (non-hydrogen) atoms. The Morgan fingerprint density at radius 3 is 2.82 bits per heavy atom. The number of ether oxygens (including phenoxy) is 2. The summed E-state index contributed by atoms with van der Waals surface area (Å²) in [7, 11) is 3.78. The number of carbonyl (C=O) groups is 1. The number of fused-ring (bicyclic) bond motifs is 1. The lowest BCUT2D eigenvalue weighted by molar-refractivity contribution is -0.126. The van der Waals surface area contributed by atoms with Crippen molar-refractivity contribution in [2.45, 2.75) is 50.7 Å². The highest BCUT2D eigenvalue weighted by Gasteiger charge is 2.26. The summed E-state index contributed by atoms with van der Waals surface area (Å²) in [5, 5.41) is 11.3. The number of rotatable bonds is 6. The molecule has 1 fully saturated rings. The van der Waals surface area contributed by atoms with Crippen LogP contribution in [0.25, 0.3) is 0 Å². The van der Waals surface area contributed by atoms with Crippen LogP contribution >= 0.6 is 0 Å². The number of hydrogen-bond acceptors (Lipinski definition) is 6. The van der Waals surface area contributed by atoms with Crippen LogP contribution < -0.4 is 14.8 Å². The molecule has 2 heterocycles. The summed E-state index contributed by atoms with van der Waals surface area (Å²) in [6.07, 6.45) is 7.86. The van der Waals surface area contributed by atoms with Crippen LogP contribution in [0.1, 0.15) is 55.6 Å². The van der Waals surface area contributed by atoms with E-state index in [1.165, 1.54) is 19.3 Å². The largest absolute Gasteiger partial charge is 0.454 e. The average molecular weight is 385 g/mol. The van der Waals surface area contributed by atoms with Crippen LogP contribution in [0.4, 0.5) is 0 Å². The molecule has 1 unspecified atom stereocenters. The Labute approximate surface area is 164 Å². The van der Waals surface area contributed by atoms with E-state index >= 15 is 0 Å². The van der Waals surface area contributed by atoms with Gasteiger partial charge in [0.2, 0.25) is 12.7 Å². The fourth-order valence-electron chi connectivity index (χ4n) is 4.09. The topological polar surface area (TPSA) is 81.5 Å². The molecule has 0 radical (unpaired) electrons. The van der Waals surface area contributed by atoms with Gasteiger partial charge in [0.05, 0.1) is 6.54 Å². The quantitative estimate of drug-likeness (QED) is 0.823. The zero-order valence-corrected chi connectivity index (χ0v) is 16.4. The SMILES string of the molecule is CN(C)C(C(=O)NCc1nncn1C1CCCCC1)c1ccc2c(c1)OCO2. The van der Waals surface area contributed by atoms with Gasteiger partial charge in [-0.2, -0.15) is 0 Å². The number of amides is 1. The molecule has 1 aliphatic heterocycles. The van der Waals surface area contributed by atoms with Gasteiger partial charge in [0.15, 0.2) is 17.3 Å². The third-order valence-corrected chi connectivity index (χ3v) is 5.51. The molecule has 150 valence electrons. The monoisotopic (exact) mass is 385 g/mol. The summed E-state index contributed by atoms with van der Waals surface area (Å²) in [4.78, 5) is 14.9. The Morgan fingerprint density at radius 1 is 1.25 bits per heavy atom. The molecule has 1 N–H and O–H groups in total. The molecule has 1 atom stereocenters. The van der Waals surface area contributed by atoms with Gasteiger partial charge in [0, 0.05) is 6.04 Å². The van der Waals surface area contributed by atoms with E-state index in [2.05, 4.69) is 20.1 Å². The van der Waals surface area contributed by atoms with E-state index in [4.69, 9.17) is 9.47 Å². The lowest BCUT2D eigenvalue weighted by atomic mass is 9.95. The van der Waals surface area contributed by atoms with E-state index < -0.39 is 6.04 Å². The summed E-state index contributed by atoms with van der Waals surface area (Å²) in [5.41, 5.74) is 0.862. The summed E-state index contributed by atoms with van der Waals surface area (Å²) in [6, 6.07) is 5.63. The van der Waals surface area contributed by atoms with Gasteiger partial charge in [-0.1, -0.05) is 25.3 Å². The third kappa shape index (κ3) is 3.82. The van der Waals surface area contributed by atoms with Gasteiger partial charge in [-0.05, 0) is 44.6 Å². The minimum Gasteiger partial charge on any atom is -0.454 e. The predicted molar refractivity (Wildman–Crippen MR) is 103 cm³/mol. The molecule has 1 aromatic carbocycles. The Kier molecular flexibility index (Phi) is 5.47. The molecule has 0 saturated heterocycles. The zero-order valence-electron chi connectivity index (χ0n) is 16.4. The van der Waals surface area contributed by atoms with E-state index in [0.29, 0.717) is 24.1 Å². The van der Waals surface area contributed by atoms with Gasteiger partial charge in [-0.3, -0.25) is 9.69 Å². The molecule has 0 bridgehead atoms. The van der Waals surface area contributed by atoms with Crippen molar-refractivity contribution >= 4 is 5.91 Å². The Bertz CT molecular complexity index is 829. The number of nitrogens with one attached hydrogen (secondary N) is 1. The Balaban J connectivity index is 1.45. The van der Waals surface area contributed by atoms with Crippen LogP contribution in [-0.2, 0) is 11.3 Å². The van der Waals surface area contributed by atoms with Gasteiger partial charge in [-0.15, -0.1) is 10.2 Å². The van der Waals surface area contributed by atoms with Gasteiger partial charge in [-0.25, -0.2) is 0 Å². The molecule has 1 aromatic heterocycles. The average Bonchev–Trinajstić information content (AvgIpc) is 3.35. The van der Waals surface area contributed by atoms with Crippen molar-refractivity contribution in [2.24, 2.45) is 0 Å². The van der Waals surface area contributed by atoms with E-state index in [0.717, 1.165) is 24.2 Å². The maximum absolute atomic E-state index is 13.0. The van der Waals surface area contributed by atoms with Crippen molar-refractivity contribution in [3.05, 3.63) is 35.9 Å². The minimum absolute atomic E-state index is 0.0814. The van der Waals surface area contributed by atoms with Crippen LogP contribution in [0.3, 0.4) is 0 Å². The number of likely N-dealkylation sites (N-methyl/N-ethyl adjacent to an activating group) is 1. The first kappa shape index (κ1) is 18.7. The first-order valence-electron chi connectivity index (χ1n) is 9.85. The molecule has 1 saturated carbocycles. The lowest BCUT2D eigenvalue weighted by Crippen LogP contribution is -2.37. The third-order valence-electron chi connectivity index (χ3n) is 5.51. The predicted octanol–water partition coefficient (Wildman–Crippen LogP) is 2.43. The molecule has 1 aliphatic carbocycles. The molecule has 0 spiro atoms. The van der Waals surface area contributed by atoms with Gasteiger partial charge < -0.3 is 19.4 Å². The van der Waals surface area contributed by atoms with Crippen LogP contribution in [-0.4, -0.2) is 46.5 Å². The Hall–Kier alpha value is -2.61. The van der Waals surface area contributed by atoms with E-state index in [1.807, 2.05) is 37.2 Å². The maximum atomic E-state index is 13.0. The maximum Gasteiger partial charge on any atom is 0.242 e. The van der Waals surface area contributed by atoms with Gasteiger partial charge >= 0.3 is 0 Å². The highest BCUT2D eigenvalue weighted by molar-refractivity contribution is 5.83. The fourth-order valence-corrected chi connectivity index (χ4v) is 4.09. The van der Waals surface area contributed by atoms with Gasteiger partial charge in [0.25, 0.3) is 0 Å². The highest BCUT2D eigenvalue weighted by Crippen LogP contribution is 2.35. The van der Waals surface area contributed by atoms with Crippen molar-refractivity contribution in [1.82, 2.24) is 25.0 Å². The number of benzene rings is 1. The molecular weight excluding hydrogens is 358 g/mol. The standard InChI is InChI=1S/C20H27N5O3/c1-24(2)19(14-8-9-16-17(10-14)28-13-27-16)20(26)21-11-18-23-22-12-25(18)15-6-4-3-5-7-15/h8-10,12,15,19H,3-7,11,13H2,1-2H3,(H,21,26). The van der Waals surface area contributed by atoms with E-state index in [-0.39, 0.29) is 12.7 Å². The number of carbonyl (C=O) groups excluding carboxylic acids is 1. The van der Waals surface area contributed by atoms with Crippen molar-refractivity contribution in [3.63, 3.8) is 0 Å². The van der Waals surface area contributed by atoms with Crippen LogP contribution in [0.2, 0.25) is 0 Å². The van der Waals surface area contributed by atoms with E-state index in [9.17, 15) is 4.79 Å². The zero-order chi connectivity index (χ0) is 19.5. The summed E-state index contributed by atoms with van der Waals surface area (Å²) < 4.78 is 13.0. The molecule has 1 amide bonds. The molecular formula is C20H27N5O3. The first-order valence-corrected chi connectivity index (χ1v) is 9.85. The van der Waals surface area contributed by atoms with Crippen molar-refractivity contribution < 1.29 is 14.3 Å². The smallest absolute Gasteiger partial charge is 0.242 e. The molecule has 8 heteroatoms. The van der Waals surface area contributed by atoms with E-state index in [1.54, 1.807) is 6.33 Å². The lowest BCUT2D eigenvalue weighted by Gasteiger charge is -2.25. The second-order valence-electron chi connectivity index (χ2n) is 7.64. The van der Waals surface area contributed by atoms with Crippen LogP contribution in [0, 0.1) is 0 Å². The minimum atomic E-state index is -0.430. The van der Waals surface area contributed by atoms with Crippen LogP contribution in [0.5, 0.6) is 11.5 Å². The normalized spacial score (nSPS) is 17.7. The second-order valence-corrected chi connectivity index (χ2v) is 7.64. The van der Waals surface area contributed by atoms with Crippen molar-refractivity contribution in [3.8, 4) is 11.5 Å². The molecule has 8 nitrogen and oxygen atoms in total. The number of nitrogens with zero attached hydrogens (tertiary/aromatic N) is 4. The Morgan fingerprint density at radius 2 is 2.04 bits per heavy atom. The molecule has 2 aromatic rings. The highest BCUT2D eigenvalue weighted by atomic mass is 16.7. The van der Waals surface area contributed by atoms with Crippen LogP contribution in [0.15, 0.2) is 24.5 Å².